The maximum atomic E-state index is 15.1. The molecule has 1 unspecified atom stereocenters. The van der Waals surface area contributed by atoms with Gasteiger partial charge in [0, 0.05) is 77.8 Å². The first kappa shape index (κ1) is 73.0. The van der Waals surface area contributed by atoms with Crippen molar-refractivity contribution in [2.45, 2.75) is 116 Å². The monoisotopic (exact) mass is 1420 g/mol. The van der Waals surface area contributed by atoms with Crippen LogP contribution in [0.4, 0.5) is 11.4 Å². The minimum atomic E-state index is -5.21. The number of anilines is 1. The highest BCUT2D eigenvalue weighted by Crippen LogP contribution is 2.53. The highest BCUT2D eigenvalue weighted by Gasteiger charge is 2.50. The molecule has 36 heteroatoms. The first-order valence-electron chi connectivity index (χ1n) is 28.1. The van der Waals surface area contributed by atoms with E-state index in [9.17, 15) is 100 Å². The fraction of sp³-hybridized carbons (Fsp3) is 0.429. The van der Waals surface area contributed by atoms with Crippen molar-refractivity contribution in [3.63, 3.8) is 0 Å². The van der Waals surface area contributed by atoms with Crippen LogP contribution in [0.2, 0.25) is 0 Å². The molecule has 4 aromatic carbocycles. The summed E-state index contributed by atoms with van der Waals surface area (Å²) in [7, 11) is -34.7. The van der Waals surface area contributed by atoms with Crippen molar-refractivity contribution in [3.8, 4) is 0 Å². The van der Waals surface area contributed by atoms with Crippen LogP contribution in [-0.2, 0) is 101 Å². The van der Waals surface area contributed by atoms with Crippen LogP contribution < -0.4 is 15.5 Å². The number of allylic oxidation sites excluding steroid dienone is 8. The number of carbonyl (C=O) groups excluding carboxylic acids is 3. The molecule has 92 heavy (non-hydrogen) atoms. The van der Waals surface area contributed by atoms with E-state index in [-0.39, 0.29) is 119 Å². The van der Waals surface area contributed by atoms with Gasteiger partial charge in [-0.05, 0) is 123 Å². The summed E-state index contributed by atoms with van der Waals surface area (Å²) in [4.78, 5) is 40.1. The van der Waals surface area contributed by atoms with Gasteiger partial charge in [-0.15, -0.1) is 0 Å². The number of nitrogens with zero attached hydrogens (tertiary/aromatic N) is 2. The van der Waals surface area contributed by atoms with E-state index in [0.29, 0.717) is 25.0 Å². The van der Waals surface area contributed by atoms with Crippen molar-refractivity contribution in [2.75, 3.05) is 54.9 Å². The summed E-state index contributed by atoms with van der Waals surface area (Å²) in [5, 5.41) is 4.60. The fourth-order valence-electron chi connectivity index (χ4n) is 12.0. The first-order valence-corrected chi connectivity index (χ1v) is 38.7. The van der Waals surface area contributed by atoms with Gasteiger partial charge in [0.1, 0.15) is 21.8 Å². The maximum absolute atomic E-state index is 15.1. The SMILES string of the molecule is CCOC(=O)CCCCCNC(=O)C1(C(=O)NCCS(=O)(=O)O)CC(/C=C/C2=[N+](CCCS(=O)(=O)O)c3ccc4c(S(=O)(=O)O)cc(S(=O)(=O)O)cc4c3C2(C)C)=CC(=C/C=C2/N(CCCS(=O)(=O)O)c3ccc4c(S(=O)(=O)O)cc(S(=O)(=O)O)cc4c3C2(C)C)/C1. The maximum Gasteiger partial charge on any atom is 0.305 e. The number of unbranched alkanes of at least 4 members (excludes halogenated alkanes) is 2. The van der Waals surface area contributed by atoms with Gasteiger partial charge < -0.3 is 20.3 Å². The third-order valence-electron chi connectivity index (χ3n) is 16.0. The summed E-state index contributed by atoms with van der Waals surface area (Å²) in [5.41, 5.74) is -3.41. The lowest BCUT2D eigenvalue weighted by Crippen LogP contribution is -2.53. The van der Waals surface area contributed by atoms with Gasteiger partial charge >= 0.3 is 5.97 Å². The number of rotatable bonds is 27. The first-order chi connectivity index (χ1) is 42.2. The molecule has 2 aliphatic heterocycles. The van der Waals surface area contributed by atoms with Gasteiger partial charge in [-0.25, -0.2) is 0 Å². The molecule has 7 rings (SSSR count). The third-order valence-corrected chi connectivity index (χ3v) is 21.7. The molecular formula is C56H69N4O25S7+. The fourth-order valence-corrected chi connectivity index (χ4v) is 16.1. The van der Waals surface area contributed by atoms with Crippen LogP contribution in [0.1, 0.15) is 97.1 Å². The molecule has 9 N–H and O–H groups in total. The van der Waals surface area contributed by atoms with Crippen molar-refractivity contribution in [2.24, 2.45) is 5.41 Å². The van der Waals surface area contributed by atoms with Gasteiger partial charge in [-0.2, -0.15) is 63.5 Å². The standard InChI is InChI=1S/C56H68N4O25S7/c1-6-85-49(61)12-8-7-9-21-57-52(62)56(53(63)58-22-27-88(70,71)72)33-35(13-19-47-54(2,3)50-41-29-37(89(73,74)75)31-45(91(79,80)81)39(41)15-17-43(50)59(47)23-10-25-86(64,65)66)28-36(34-56)14-20-48-55(4,5)51-42-30-38(90(76,77)78)32-46(92(82,83)84)40(42)16-18-44(51)60(48)24-11-26-87(67,68)69/h13-20,28-32H,6-12,21-27,33-34H2,1-5H3,(H8-,57,58,62,63,64,65,66,67,68,69,70,71,72,73,74,75,76,77,78,79,80,81,82,83,84)/p+1. The number of esters is 1. The average Bonchev–Trinajstić information content (AvgIpc) is 1.52. The molecule has 0 aromatic heterocycles. The summed E-state index contributed by atoms with van der Waals surface area (Å²) in [6.45, 7) is 7.01. The number of benzene rings is 4. The lowest BCUT2D eigenvalue weighted by Gasteiger charge is -2.35. The second kappa shape index (κ2) is 26.8. The van der Waals surface area contributed by atoms with Crippen LogP contribution in [0.5, 0.6) is 0 Å². The van der Waals surface area contributed by atoms with Gasteiger partial charge in [-0.3, -0.25) is 46.3 Å². The lowest BCUT2D eigenvalue weighted by molar-refractivity contribution is -0.437. The van der Waals surface area contributed by atoms with Gasteiger partial charge in [-0.1, -0.05) is 44.6 Å². The smallest absolute Gasteiger partial charge is 0.305 e. The molecule has 4 aromatic rings. The molecule has 0 spiro atoms. The number of amides is 2. The zero-order valence-electron chi connectivity index (χ0n) is 50.1. The predicted molar refractivity (Wildman–Crippen MR) is 335 cm³/mol. The van der Waals surface area contributed by atoms with Crippen LogP contribution in [0.15, 0.2) is 115 Å². The van der Waals surface area contributed by atoms with Gasteiger partial charge in [0.05, 0.1) is 39.1 Å². The molecule has 2 amide bonds. The largest absolute Gasteiger partial charge is 0.466 e. The van der Waals surface area contributed by atoms with Gasteiger partial charge in [0.15, 0.2) is 5.71 Å². The van der Waals surface area contributed by atoms with E-state index in [2.05, 4.69) is 10.6 Å². The molecule has 0 fully saturated rings. The molecule has 2 heterocycles. The average molecular weight is 1420 g/mol. The molecular weight excluding hydrogens is 1350 g/mol. The molecule has 29 nitrogen and oxygen atoms in total. The molecule has 0 saturated carbocycles. The Labute approximate surface area is 532 Å². The zero-order valence-corrected chi connectivity index (χ0v) is 55.8. The minimum absolute atomic E-state index is 0.0611. The van der Waals surface area contributed by atoms with Crippen molar-refractivity contribution < 1.29 is 114 Å². The van der Waals surface area contributed by atoms with Crippen molar-refractivity contribution in [3.05, 3.63) is 107 Å². The Balaban J connectivity index is 1.48. The molecule has 0 radical (unpaired) electrons. The van der Waals surface area contributed by atoms with Crippen LogP contribution in [0, 0.1) is 5.41 Å². The highest BCUT2D eigenvalue weighted by molar-refractivity contribution is 7.87. The molecule has 1 atom stereocenters. The molecule has 1 aliphatic carbocycles. The second-order valence-corrected chi connectivity index (χ2v) is 33.6. The van der Waals surface area contributed by atoms with E-state index in [4.69, 9.17) is 4.74 Å². The van der Waals surface area contributed by atoms with E-state index >= 15 is 4.79 Å². The molecule has 0 saturated heterocycles. The topological polar surface area (TPSA) is 471 Å². The minimum Gasteiger partial charge on any atom is -0.466 e. The lowest BCUT2D eigenvalue weighted by atomic mass is 9.70. The van der Waals surface area contributed by atoms with Gasteiger partial charge in [0.25, 0.3) is 70.8 Å². The van der Waals surface area contributed by atoms with Crippen LogP contribution in [0.3, 0.4) is 0 Å². The number of ether oxygens (including phenoxy) is 1. The zero-order chi connectivity index (χ0) is 68.8. The van der Waals surface area contributed by atoms with Crippen molar-refractivity contribution in [1.29, 1.82) is 0 Å². The van der Waals surface area contributed by atoms with E-state index < -0.39 is 161 Å². The third kappa shape index (κ3) is 16.7. The van der Waals surface area contributed by atoms with E-state index in [0.717, 1.165) is 12.1 Å². The predicted octanol–water partition coefficient (Wildman–Crippen LogP) is 5.03. The Morgan fingerprint density at radius 2 is 1.11 bits per heavy atom. The second-order valence-electron chi connectivity index (χ2n) is 23.3. The van der Waals surface area contributed by atoms with Crippen molar-refractivity contribution >= 4 is 127 Å². The number of fused-ring (bicyclic) bond motifs is 6. The quantitative estimate of drug-likeness (QED) is 0.0124. The van der Waals surface area contributed by atoms with Gasteiger partial charge in [0.2, 0.25) is 17.5 Å². The number of hydrogen-bond acceptors (Lipinski definition) is 19. The molecule has 504 valence electrons. The Morgan fingerprint density at radius 3 is 1.64 bits per heavy atom. The summed E-state index contributed by atoms with van der Waals surface area (Å²) >= 11 is 0. The molecule has 0 bridgehead atoms. The number of hydrogen-bond donors (Lipinski definition) is 9. The summed E-state index contributed by atoms with van der Waals surface area (Å²) in [5.74, 6) is -4.98. The summed E-state index contributed by atoms with van der Waals surface area (Å²) < 4.78 is 251. The van der Waals surface area contributed by atoms with E-state index in [1.165, 1.54) is 48.6 Å². The Morgan fingerprint density at radius 1 is 0.576 bits per heavy atom. The van der Waals surface area contributed by atoms with Crippen molar-refractivity contribution in [1.82, 2.24) is 10.6 Å². The normalized spacial score (nSPS) is 18.8. The Bertz CT molecular complexity index is 4730. The van der Waals surface area contributed by atoms with Crippen LogP contribution in [-0.4, -0.2) is 169 Å². The van der Waals surface area contributed by atoms with E-state index in [1.807, 2.05) is 0 Å². The summed E-state index contributed by atoms with van der Waals surface area (Å²) in [6.07, 6.45) is 7.00. The number of nitrogens with one attached hydrogen (secondary N) is 2. The Kier molecular flexibility index (Phi) is 21.3. The van der Waals surface area contributed by atoms with Crippen LogP contribution >= 0.6 is 0 Å². The van der Waals surface area contributed by atoms with E-state index in [1.54, 1.807) is 50.2 Å². The summed E-state index contributed by atoms with van der Waals surface area (Å²) in [6, 6.07) is 8.35. The van der Waals surface area contributed by atoms with Crippen LogP contribution in [0.25, 0.3) is 21.5 Å². The molecule has 3 aliphatic rings. The Hall–Kier alpha value is -6.39. The number of carbonyl (C=O) groups is 3. The highest BCUT2D eigenvalue weighted by atomic mass is 32.2.